The number of hydrogen-bond donors (Lipinski definition) is 0. The van der Waals surface area contributed by atoms with Crippen LogP contribution in [0.1, 0.15) is 5.56 Å². The molecule has 5 heteroatoms. The molecule has 0 fully saturated rings. The third-order valence-corrected chi connectivity index (χ3v) is 2.11. The van der Waals surface area contributed by atoms with Crippen LogP contribution in [-0.4, -0.2) is 21.8 Å². The zero-order valence-electron chi connectivity index (χ0n) is 8.95. The van der Waals surface area contributed by atoms with E-state index in [2.05, 4.69) is 15.2 Å². The van der Waals surface area contributed by atoms with Gasteiger partial charge in [-0.3, -0.25) is 0 Å². The Labute approximate surface area is 104 Å². The highest BCUT2D eigenvalue weighted by Gasteiger charge is 1.96. The third kappa shape index (κ3) is 3.85. The molecule has 0 aliphatic heterocycles. The van der Waals surface area contributed by atoms with Gasteiger partial charge in [0.15, 0.2) is 0 Å². The van der Waals surface area contributed by atoms with Crippen molar-refractivity contribution in [1.29, 1.82) is 0 Å². The van der Waals surface area contributed by atoms with Crippen LogP contribution in [0.2, 0.25) is 5.28 Å². The Kier molecular flexibility index (Phi) is 4.05. The van der Waals surface area contributed by atoms with Gasteiger partial charge in [0.05, 0.1) is 0 Å². The fourth-order valence-corrected chi connectivity index (χ4v) is 1.35. The second-order valence-corrected chi connectivity index (χ2v) is 3.53. The van der Waals surface area contributed by atoms with Crippen molar-refractivity contribution in [2.24, 2.45) is 0 Å². The molecule has 17 heavy (non-hydrogen) atoms. The van der Waals surface area contributed by atoms with E-state index in [0.717, 1.165) is 5.56 Å². The van der Waals surface area contributed by atoms with Crippen molar-refractivity contribution in [3.63, 3.8) is 0 Å². The monoisotopic (exact) mass is 247 g/mol. The van der Waals surface area contributed by atoms with Gasteiger partial charge in [-0.2, -0.15) is 10.1 Å². The Morgan fingerprint density at radius 3 is 2.82 bits per heavy atom. The fourth-order valence-electron chi connectivity index (χ4n) is 1.22. The number of aromatic nitrogens is 3. The van der Waals surface area contributed by atoms with Gasteiger partial charge in [-0.05, 0) is 23.2 Å². The Morgan fingerprint density at radius 1 is 1.24 bits per heavy atom. The molecule has 2 rings (SSSR count). The van der Waals surface area contributed by atoms with Gasteiger partial charge >= 0.3 is 0 Å². The van der Waals surface area contributed by atoms with Crippen LogP contribution in [0.15, 0.2) is 42.6 Å². The lowest BCUT2D eigenvalue weighted by Crippen LogP contribution is -1.97. The molecule has 0 bridgehead atoms. The normalized spacial score (nSPS) is 10.6. The quantitative estimate of drug-likeness (QED) is 0.833. The van der Waals surface area contributed by atoms with Crippen LogP contribution in [0.3, 0.4) is 0 Å². The van der Waals surface area contributed by atoms with E-state index in [-0.39, 0.29) is 5.28 Å². The molecule has 0 aliphatic carbocycles. The van der Waals surface area contributed by atoms with Gasteiger partial charge < -0.3 is 4.74 Å². The molecule has 0 N–H and O–H groups in total. The molecule has 1 heterocycles. The highest BCUT2D eigenvalue weighted by molar-refractivity contribution is 6.28. The molecule has 0 unspecified atom stereocenters. The van der Waals surface area contributed by atoms with E-state index in [1.807, 2.05) is 42.5 Å². The summed E-state index contributed by atoms with van der Waals surface area (Å²) < 4.78 is 5.32. The zero-order chi connectivity index (χ0) is 11.9. The van der Waals surface area contributed by atoms with E-state index in [9.17, 15) is 0 Å². The highest BCUT2D eigenvalue weighted by Crippen LogP contribution is 2.06. The van der Waals surface area contributed by atoms with Crippen molar-refractivity contribution in [3.8, 4) is 5.88 Å². The molecule has 86 valence electrons. The van der Waals surface area contributed by atoms with E-state index in [0.29, 0.717) is 12.5 Å². The first kappa shape index (κ1) is 11.5. The maximum atomic E-state index is 5.57. The first-order chi connectivity index (χ1) is 8.34. The summed E-state index contributed by atoms with van der Waals surface area (Å²) in [4.78, 5) is 3.85. The minimum absolute atomic E-state index is 0.0783. The summed E-state index contributed by atoms with van der Waals surface area (Å²) in [6.07, 6.45) is 5.28. The van der Waals surface area contributed by atoms with Gasteiger partial charge in [0.1, 0.15) is 12.8 Å². The lowest BCUT2D eigenvalue weighted by atomic mass is 10.2. The standard InChI is InChI=1S/C12H10ClN3O/c13-12-15-11(9-14-16-12)17-8-4-7-10-5-2-1-3-6-10/h1-7,9H,8H2. The minimum atomic E-state index is 0.0783. The molecule has 0 amide bonds. The Balaban J connectivity index is 1.86. The zero-order valence-corrected chi connectivity index (χ0v) is 9.71. The second-order valence-electron chi connectivity index (χ2n) is 3.19. The number of rotatable bonds is 4. The molecule has 1 aromatic heterocycles. The molecule has 0 radical (unpaired) electrons. The summed E-state index contributed by atoms with van der Waals surface area (Å²) in [5, 5.41) is 7.23. The van der Waals surface area contributed by atoms with Crippen molar-refractivity contribution >= 4 is 17.7 Å². The van der Waals surface area contributed by atoms with Crippen LogP contribution in [0.5, 0.6) is 5.88 Å². The van der Waals surface area contributed by atoms with Crippen molar-refractivity contribution in [3.05, 3.63) is 53.5 Å². The number of benzene rings is 1. The van der Waals surface area contributed by atoms with Gasteiger partial charge in [-0.25, -0.2) is 0 Å². The predicted octanol–water partition coefficient (Wildman–Crippen LogP) is 2.62. The van der Waals surface area contributed by atoms with Crippen LogP contribution in [-0.2, 0) is 0 Å². The number of halogens is 1. The highest BCUT2D eigenvalue weighted by atomic mass is 35.5. The SMILES string of the molecule is Clc1nncc(OCC=Cc2ccccc2)n1. The van der Waals surface area contributed by atoms with E-state index in [1.54, 1.807) is 0 Å². The summed E-state index contributed by atoms with van der Waals surface area (Å²) in [6.45, 7) is 0.407. The topological polar surface area (TPSA) is 47.9 Å². The summed E-state index contributed by atoms with van der Waals surface area (Å²) in [7, 11) is 0. The molecular formula is C12H10ClN3O. The number of nitrogens with zero attached hydrogens (tertiary/aromatic N) is 3. The second kappa shape index (κ2) is 5.96. The molecular weight excluding hydrogens is 238 g/mol. The largest absolute Gasteiger partial charge is 0.472 e. The van der Waals surface area contributed by atoms with E-state index >= 15 is 0 Å². The van der Waals surface area contributed by atoms with Gasteiger partial charge in [-0.1, -0.05) is 36.4 Å². The van der Waals surface area contributed by atoms with Crippen LogP contribution in [0.25, 0.3) is 6.08 Å². The van der Waals surface area contributed by atoms with Gasteiger partial charge in [0.2, 0.25) is 11.2 Å². The number of hydrogen-bond acceptors (Lipinski definition) is 4. The first-order valence-corrected chi connectivity index (χ1v) is 5.42. The third-order valence-electron chi connectivity index (χ3n) is 1.95. The van der Waals surface area contributed by atoms with Gasteiger partial charge in [-0.15, -0.1) is 5.10 Å². The molecule has 0 saturated carbocycles. The summed E-state index contributed by atoms with van der Waals surface area (Å²) in [5.74, 6) is 0.364. The average molecular weight is 248 g/mol. The summed E-state index contributed by atoms with van der Waals surface area (Å²) in [5.41, 5.74) is 1.12. The maximum Gasteiger partial charge on any atom is 0.246 e. The van der Waals surface area contributed by atoms with E-state index in [1.165, 1.54) is 6.20 Å². The van der Waals surface area contributed by atoms with Crippen LogP contribution in [0, 0.1) is 0 Å². The van der Waals surface area contributed by atoms with E-state index in [4.69, 9.17) is 16.3 Å². The fraction of sp³-hybridized carbons (Fsp3) is 0.0833. The summed E-state index contributed by atoms with van der Waals surface area (Å²) in [6, 6.07) is 9.96. The Hall–Kier alpha value is -1.94. The van der Waals surface area contributed by atoms with Crippen molar-refractivity contribution < 1.29 is 4.74 Å². The van der Waals surface area contributed by atoms with Gasteiger partial charge in [0, 0.05) is 0 Å². The van der Waals surface area contributed by atoms with Crippen molar-refractivity contribution in [2.75, 3.05) is 6.61 Å². The Bertz CT molecular complexity index is 502. The van der Waals surface area contributed by atoms with Crippen LogP contribution >= 0.6 is 11.6 Å². The average Bonchev–Trinajstić information content (AvgIpc) is 2.36. The molecule has 1 aromatic carbocycles. The lowest BCUT2D eigenvalue weighted by molar-refractivity contribution is 0.345. The van der Waals surface area contributed by atoms with Crippen LogP contribution in [0.4, 0.5) is 0 Å². The van der Waals surface area contributed by atoms with Crippen molar-refractivity contribution in [1.82, 2.24) is 15.2 Å². The molecule has 0 atom stereocenters. The summed E-state index contributed by atoms with van der Waals surface area (Å²) >= 11 is 5.57. The smallest absolute Gasteiger partial charge is 0.246 e. The van der Waals surface area contributed by atoms with Gasteiger partial charge in [0.25, 0.3) is 0 Å². The Morgan fingerprint density at radius 2 is 2.06 bits per heavy atom. The molecule has 0 spiro atoms. The minimum Gasteiger partial charge on any atom is -0.472 e. The molecule has 0 saturated heterocycles. The van der Waals surface area contributed by atoms with Crippen molar-refractivity contribution in [2.45, 2.75) is 0 Å². The molecule has 0 aliphatic rings. The van der Waals surface area contributed by atoms with Crippen LogP contribution < -0.4 is 4.74 Å². The first-order valence-electron chi connectivity index (χ1n) is 5.04. The van der Waals surface area contributed by atoms with E-state index < -0.39 is 0 Å². The molecule has 2 aromatic rings. The molecule has 4 nitrogen and oxygen atoms in total. The lowest BCUT2D eigenvalue weighted by Gasteiger charge is -2.00. The predicted molar refractivity (Wildman–Crippen MR) is 65.8 cm³/mol. The maximum absolute atomic E-state index is 5.57. The number of ether oxygens (including phenoxy) is 1.